The van der Waals surface area contributed by atoms with Crippen molar-refractivity contribution in [3.05, 3.63) is 58.8 Å². The van der Waals surface area contributed by atoms with Crippen molar-refractivity contribution in [2.45, 2.75) is 32.2 Å². The van der Waals surface area contributed by atoms with Crippen molar-refractivity contribution in [2.75, 3.05) is 5.32 Å². The Morgan fingerprint density at radius 1 is 1.22 bits per heavy atom. The first-order chi connectivity index (χ1) is 13.1. The maximum absolute atomic E-state index is 12.3. The molecule has 0 saturated heterocycles. The van der Waals surface area contributed by atoms with Crippen molar-refractivity contribution in [1.82, 2.24) is 10.3 Å². The minimum absolute atomic E-state index is 0.0743. The molecule has 0 aliphatic heterocycles. The van der Waals surface area contributed by atoms with Crippen LogP contribution in [0.2, 0.25) is 0 Å². The summed E-state index contributed by atoms with van der Waals surface area (Å²) in [6, 6.07) is 11.1. The van der Waals surface area contributed by atoms with E-state index in [9.17, 15) is 9.59 Å². The molecule has 7 heteroatoms. The van der Waals surface area contributed by atoms with Gasteiger partial charge in [-0.05, 0) is 55.5 Å². The van der Waals surface area contributed by atoms with E-state index in [0.717, 1.165) is 17.7 Å². The standard InChI is InChI=1S/C20H19N3O3S/c1-12-16(23-20(26-12)17-3-2-10-27-17)11-18(24)21-14-6-4-13(5-7-14)19(25)22-15-8-9-15/h2-7,10,15H,8-9,11H2,1H3,(H,21,24)(H,22,25). The van der Waals surface area contributed by atoms with Gasteiger partial charge in [0.05, 0.1) is 17.0 Å². The number of benzene rings is 1. The lowest BCUT2D eigenvalue weighted by Crippen LogP contribution is -2.25. The number of carbonyl (C=O) groups is 2. The summed E-state index contributed by atoms with van der Waals surface area (Å²) in [4.78, 5) is 29.7. The zero-order valence-electron chi connectivity index (χ0n) is 14.8. The summed E-state index contributed by atoms with van der Waals surface area (Å²) in [7, 11) is 0. The molecule has 0 unspecified atom stereocenters. The van der Waals surface area contributed by atoms with Crippen LogP contribution in [0.4, 0.5) is 5.69 Å². The van der Waals surface area contributed by atoms with Gasteiger partial charge in [-0.15, -0.1) is 11.3 Å². The quantitative estimate of drug-likeness (QED) is 0.680. The summed E-state index contributed by atoms with van der Waals surface area (Å²) >= 11 is 1.54. The molecule has 4 rings (SSSR count). The molecule has 2 aromatic heterocycles. The van der Waals surface area contributed by atoms with Crippen LogP contribution in [-0.2, 0) is 11.2 Å². The third kappa shape index (κ3) is 4.25. The number of hydrogen-bond donors (Lipinski definition) is 2. The minimum atomic E-state index is -0.181. The largest absolute Gasteiger partial charge is 0.440 e. The van der Waals surface area contributed by atoms with E-state index in [0.29, 0.717) is 34.6 Å². The van der Waals surface area contributed by atoms with Gasteiger partial charge in [0.2, 0.25) is 11.8 Å². The smallest absolute Gasteiger partial charge is 0.251 e. The Labute approximate surface area is 160 Å². The molecule has 2 amide bonds. The number of amides is 2. The van der Waals surface area contributed by atoms with Crippen LogP contribution in [0.1, 0.15) is 34.7 Å². The lowest BCUT2D eigenvalue weighted by molar-refractivity contribution is -0.115. The Balaban J connectivity index is 1.37. The van der Waals surface area contributed by atoms with Gasteiger partial charge < -0.3 is 15.1 Å². The number of aromatic nitrogens is 1. The van der Waals surface area contributed by atoms with Crippen molar-refractivity contribution in [3.63, 3.8) is 0 Å². The highest BCUT2D eigenvalue weighted by Gasteiger charge is 2.23. The summed E-state index contributed by atoms with van der Waals surface area (Å²) in [5.41, 5.74) is 1.85. The van der Waals surface area contributed by atoms with E-state index in [1.54, 1.807) is 42.5 Å². The van der Waals surface area contributed by atoms with E-state index in [1.807, 2.05) is 17.5 Å². The molecule has 2 heterocycles. The summed E-state index contributed by atoms with van der Waals surface area (Å²) in [5, 5.41) is 7.72. The fourth-order valence-corrected chi connectivity index (χ4v) is 3.31. The highest BCUT2D eigenvalue weighted by molar-refractivity contribution is 7.13. The van der Waals surface area contributed by atoms with Crippen LogP contribution in [-0.4, -0.2) is 22.8 Å². The molecule has 1 aromatic carbocycles. The first-order valence-electron chi connectivity index (χ1n) is 8.79. The van der Waals surface area contributed by atoms with Gasteiger partial charge in [-0.1, -0.05) is 6.07 Å². The second-order valence-corrected chi connectivity index (χ2v) is 7.50. The minimum Gasteiger partial charge on any atom is -0.440 e. The lowest BCUT2D eigenvalue weighted by Gasteiger charge is -2.06. The first kappa shape index (κ1) is 17.5. The zero-order chi connectivity index (χ0) is 18.8. The molecule has 0 spiro atoms. The van der Waals surface area contributed by atoms with Crippen LogP contribution in [0.15, 0.2) is 46.2 Å². The molecule has 0 atom stereocenters. The van der Waals surface area contributed by atoms with Crippen molar-refractivity contribution in [1.29, 1.82) is 0 Å². The van der Waals surface area contributed by atoms with Crippen LogP contribution in [0.5, 0.6) is 0 Å². The van der Waals surface area contributed by atoms with Crippen molar-refractivity contribution in [2.24, 2.45) is 0 Å². The highest BCUT2D eigenvalue weighted by Crippen LogP contribution is 2.26. The van der Waals surface area contributed by atoms with E-state index < -0.39 is 0 Å². The first-order valence-corrected chi connectivity index (χ1v) is 9.67. The molecule has 27 heavy (non-hydrogen) atoms. The number of anilines is 1. The Kier molecular flexibility index (Phi) is 4.77. The molecular weight excluding hydrogens is 362 g/mol. The van der Waals surface area contributed by atoms with Crippen molar-refractivity contribution in [3.8, 4) is 10.8 Å². The molecule has 2 N–H and O–H groups in total. The van der Waals surface area contributed by atoms with Gasteiger partial charge >= 0.3 is 0 Å². The van der Waals surface area contributed by atoms with E-state index in [1.165, 1.54) is 0 Å². The fourth-order valence-electron chi connectivity index (χ4n) is 2.66. The van der Waals surface area contributed by atoms with Crippen molar-refractivity contribution < 1.29 is 14.0 Å². The van der Waals surface area contributed by atoms with Crippen LogP contribution in [0.3, 0.4) is 0 Å². The second-order valence-electron chi connectivity index (χ2n) is 6.55. The number of hydrogen-bond acceptors (Lipinski definition) is 5. The number of aryl methyl sites for hydroxylation is 1. The molecule has 138 valence electrons. The van der Waals surface area contributed by atoms with Crippen LogP contribution < -0.4 is 10.6 Å². The molecule has 1 saturated carbocycles. The Bertz CT molecular complexity index is 957. The Morgan fingerprint density at radius 3 is 2.67 bits per heavy atom. The molecular formula is C20H19N3O3S. The van der Waals surface area contributed by atoms with Crippen LogP contribution in [0, 0.1) is 6.92 Å². The van der Waals surface area contributed by atoms with Crippen LogP contribution in [0.25, 0.3) is 10.8 Å². The normalized spacial score (nSPS) is 13.4. The monoisotopic (exact) mass is 381 g/mol. The molecule has 3 aromatic rings. The topological polar surface area (TPSA) is 84.2 Å². The van der Waals surface area contributed by atoms with E-state index >= 15 is 0 Å². The predicted octanol–water partition coefficient (Wildman–Crippen LogP) is 3.78. The number of rotatable bonds is 6. The van der Waals surface area contributed by atoms with Crippen molar-refractivity contribution >= 4 is 28.8 Å². The molecule has 6 nitrogen and oxygen atoms in total. The average Bonchev–Trinajstić information content (AvgIpc) is 3.15. The number of thiophene rings is 1. The third-order valence-corrected chi connectivity index (χ3v) is 5.15. The summed E-state index contributed by atoms with van der Waals surface area (Å²) < 4.78 is 5.66. The highest BCUT2D eigenvalue weighted by atomic mass is 32.1. The maximum atomic E-state index is 12.3. The van der Waals surface area contributed by atoms with Gasteiger partial charge in [-0.3, -0.25) is 9.59 Å². The average molecular weight is 381 g/mol. The zero-order valence-corrected chi connectivity index (χ0v) is 15.6. The fraction of sp³-hybridized carbons (Fsp3) is 0.250. The number of oxazole rings is 1. The van der Waals surface area contributed by atoms with Gasteiger partial charge in [-0.25, -0.2) is 4.98 Å². The van der Waals surface area contributed by atoms with Crippen LogP contribution >= 0.6 is 11.3 Å². The van der Waals surface area contributed by atoms with Gasteiger partial charge in [0.25, 0.3) is 5.91 Å². The third-order valence-electron chi connectivity index (χ3n) is 4.30. The van der Waals surface area contributed by atoms with E-state index in [4.69, 9.17) is 4.42 Å². The molecule has 1 aliphatic carbocycles. The number of carbonyl (C=O) groups excluding carboxylic acids is 2. The van der Waals surface area contributed by atoms with Gasteiger partial charge in [0, 0.05) is 17.3 Å². The van der Waals surface area contributed by atoms with Gasteiger partial charge in [0.1, 0.15) is 5.76 Å². The van der Waals surface area contributed by atoms with Gasteiger partial charge in [0.15, 0.2) is 0 Å². The predicted molar refractivity (Wildman–Crippen MR) is 104 cm³/mol. The second kappa shape index (κ2) is 7.36. The van der Waals surface area contributed by atoms with Gasteiger partial charge in [-0.2, -0.15) is 0 Å². The lowest BCUT2D eigenvalue weighted by atomic mass is 10.2. The number of nitrogens with zero attached hydrogens (tertiary/aromatic N) is 1. The van der Waals surface area contributed by atoms with E-state index in [-0.39, 0.29) is 18.2 Å². The molecule has 1 aliphatic rings. The molecule has 1 fully saturated rings. The number of nitrogens with one attached hydrogen (secondary N) is 2. The molecule has 0 bridgehead atoms. The summed E-state index contributed by atoms with van der Waals surface area (Å²) in [6.07, 6.45) is 2.23. The summed E-state index contributed by atoms with van der Waals surface area (Å²) in [5.74, 6) is 0.922. The molecule has 0 radical (unpaired) electrons. The Hall–Kier alpha value is -2.93. The maximum Gasteiger partial charge on any atom is 0.251 e. The van der Waals surface area contributed by atoms with E-state index in [2.05, 4.69) is 15.6 Å². The SMILES string of the molecule is Cc1oc(-c2cccs2)nc1CC(=O)Nc1ccc(C(=O)NC2CC2)cc1. The summed E-state index contributed by atoms with van der Waals surface area (Å²) in [6.45, 7) is 1.81. The Morgan fingerprint density at radius 2 is 2.00 bits per heavy atom.